The van der Waals surface area contributed by atoms with E-state index in [4.69, 9.17) is 11.6 Å². The third-order valence-electron chi connectivity index (χ3n) is 2.94. The monoisotopic (exact) mass is 300 g/mol. The molecule has 7 heteroatoms. The summed E-state index contributed by atoms with van der Waals surface area (Å²) >= 11 is 5.84. The van der Waals surface area contributed by atoms with Crippen molar-refractivity contribution in [2.75, 3.05) is 0 Å². The first-order chi connectivity index (χ1) is 10.1. The Labute approximate surface area is 124 Å². The summed E-state index contributed by atoms with van der Waals surface area (Å²) < 4.78 is 0. The average molecular weight is 301 g/mol. The Bertz CT molecular complexity index is 781. The quantitative estimate of drug-likeness (QED) is 0.590. The Morgan fingerprint density at radius 1 is 1.00 bits per heavy atom. The van der Waals surface area contributed by atoms with E-state index in [-0.39, 0.29) is 5.69 Å². The fourth-order valence-electron chi connectivity index (χ4n) is 1.86. The Morgan fingerprint density at radius 2 is 1.62 bits per heavy atom. The van der Waals surface area contributed by atoms with Crippen molar-refractivity contribution in [3.8, 4) is 22.8 Å². The maximum Gasteiger partial charge on any atom is 0.269 e. The second-order valence-corrected chi connectivity index (χ2v) is 4.75. The van der Waals surface area contributed by atoms with Crippen LogP contribution in [0.25, 0.3) is 22.8 Å². The fourth-order valence-corrected chi connectivity index (χ4v) is 1.99. The van der Waals surface area contributed by atoms with Gasteiger partial charge in [-0.15, -0.1) is 0 Å². The van der Waals surface area contributed by atoms with Crippen molar-refractivity contribution >= 4 is 17.3 Å². The van der Waals surface area contributed by atoms with Crippen molar-refractivity contribution in [1.29, 1.82) is 0 Å². The lowest BCUT2D eigenvalue weighted by molar-refractivity contribution is -0.384. The molecule has 0 aliphatic heterocycles. The minimum absolute atomic E-state index is 0.0381. The van der Waals surface area contributed by atoms with Crippen molar-refractivity contribution < 1.29 is 4.92 Å². The molecule has 2 aromatic carbocycles. The maximum atomic E-state index is 10.6. The number of nitrogens with zero attached hydrogens (tertiary/aromatic N) is 3. The van der Waals surface area contributed by atoms with Gasteiger partial charge in [-0.1, -0.05) is 11.6 Å². The van der Waals surface area contributed by atoms with Crippen LogP contribution in [0.1, 0.15) is 0 Å². The maximum absolute atomic E-state index is 10.6. The van der Waals surface area contributed by atoms with Crippen LogP contribution in [0.3, 0.4) is 0 Å². The molecule has 0 radical (unpaired) electrons. The van der Waals surface area contributed by atoms with Gasteiger partial charge in [0.15, 0.2) is 11.6 Å². The summed E-state index contributed by atoms with van der Waals surface area (Å²) in [5, 5.41) is 18.2. The molecule has 0 bridgehead atoms. The van der Waals surface area contributed by atoms with Gasteiger partial charge in [0, 0.05) is 28.3 Å². The highest BCUT2D eigenvalue weighted by molar-refractivity contribution is 6.30. The number of aromatic nitrogens is 3. The number of hydrogen-bond acceptors (Lipinski definition) is 4. The zero-order valence-corrected chi connectivity index (χ0v) is 11.4. The van der Waals surface area contributed by atoms with Gasteiger partial charge in [0.1, 0.15) is 0 Å². The number of rotatable bonds is 3. The Hall–Kier alpha value is -2.73. The van der Waals surface area contributed by atoms with Gasteiger partial charge in [0.2, 0.25) is 0 Å². The lowest BCUT2D eigenvalue weighted by Gasteiger charge is -1.96. The molecule has 0 spiro atoms. The van der Waals surface area contributed by atoms with Gasteiger partial charge >= 0.3 is 0 Å². The molecule has 1 N–H and O–H groups in total. The van der Waals surface area contributed by atoms with E-state index >= 15 is 0 Å². The standard InChI is InChI=1S/C14H9ClN4O2/c15-11-5-1-9(2-6-11)13-16-14(18-17-13)10-3-7-12(8-4-10)19(20)21/h1-8H,(H,16,17,18). The number of nitro groups is 1. The second-order valence-electron chi connectivity index (χ2n) is 4.32. The normalized spacial score (nSPS) is 10.5. The van der Waals surface area contributed by atoms with E-state index in [1.807, 2.05) is 12.1 Å². The Balaban J connectivity index is 1.90. The van der Waals surface area contributed by atoms with E-state index in [1.54, 1.807) is 24.3 Å². The number of hydrogen-bond donors (Lipinski definition) is 1. The fraction of sp³-hybridized carbons (Fsp3) is 0. The van der Waals surface area contributed by atoms with Gasteiger partial charge in [-0.25, -0.2) is 4.98 Å². The van der Waals surface area contributed by atoms with E-state index in [2.05, 4.69) is 15.2 Å². The number of halogens is 1. The molecule has 0 amide bonds. The van der Waals surface area contributed by atoms with E-state index in [1.165, 1.54) is 12.1 Å². The first kappa shape index (κ1) is 13.3. The number of non-ortho nitro benzene ring substituents is 1. The van der Waals surface area contributed by atoms with Crippen molar-refractivity contribution in [2.45, 2.75) is 0 Å². The predicted molar refractivity (Wildman–Crippen MR) is 78.9 cm³/mol. The van der Waals surface area contributed by atoms with Crippen LogP contribution in [0.5, 0.6) is 0 Å². The van der Waals surface area contributed by atoms with Gasteiger partial charge < -0.3 is 0 Å². The second kappa shape index (κ2) is 5.34. The first-order valence-electron chi connectivity index (χ1n) is 6.06. The number of nitrogens with one attached hydrogen (secondary N) is 1. The Morgan fingerprint density at radius 3 is 2.24 bits per heavy atom. The molecular formula is C14H9ClN4O2. The number of nitro benzene ring substituents is 1. The highest BCUT2D eigenvalue weighted by atomic mass is 35.5. The molecule has 21 heavy (non-hydrogen) atoms. The molecule has 0 saturated carbocycles. The molecule has 1 heterocycles. The molecular weight excluding hydrogens is 292 g/mol. The summed E-state index contributed by atoms with van der Waals surface area (Å²) in [7, 11) is 0. The van der Waals surface area contributed by atoms with Gasteiger partial charge in [0.05, 0.1) is 4.92 Å². The molecule has 0 aliphatic carbocycles. The smallest absolute Gasteiger partial charge is 0.259 e. The van der Waals surface area contributed by atoms with Crippen LogP contribution in [-0.4, -0.2) is 20.1 Å². The van der Waals surface area contributed by atoms with Gasteiger partial charge in [-0.05, 0) is 36.4 Å². The van der Waals surface area contributed by atoms with E-state index in [9.17, 15) is 10.1 Å². The topological polar surface area (TPSA) is 84.7 Å². The zero-order chi connectivity index (χ0) is 14.8. The predicted octanol–water partition coefficient (Wildman–Crippen LogP) is 3.70. The van der Waals surface area contributed by atoms with Crippen LogP contribution in [0, 0.1) is 10.1 Å². The van der Waals surface area contributed by atoms with Crippen molar-refractivity contribution in [3.05, 3.63) is 63.7 Å². The molecule has 0 unspecified atom stereocenters. The van der Waals surface area contributed by atoms with E-state index in [0.717, 1.165) is 11.1 Å². The van der Waals surface area contributed by atoms with Crippen LogP contribution in [0.2, 0.25) is 5.02 Å². The molecule has 6 nitrogen and oxygen atoms in total. The third kappa shape index (κ3) is 2.75. The Kier molecular flexibility index (Phi) is 3.37. The highest BCUT2D eigenvalue weighted by Crippen LogP contribution is 2.23. The number of H-pyrrole nitrogens is 1. The summed E-state index contributed by atoms with van der Waals surface area (Å²) in [5.74, 6) is 1.09. The third-order valence-corrected chi connectivity index (χ3v) is 3.19. The number of aromatic amines is 1. The van der Waals surface area contributed by atoms with Crippen LogP contribution >= 0.6 is 11.6 Å². The minimum Gasteiger partial charge on any atom is -0.259 e. The molecule has 1 aromatic heterocycles. The van der Waals surface area contributed by atoms with Crippen LogP contribution in [0.4, 0.5) is 5.69 Å². The molecule has 0 fully saturated rings. The van der Waals surface area contributed by atoms with Crippen LogP contribution in [0.15, 0.2) is 48.5 Å². The van der Waals surface area contributed by atoms with Gasteiger partial charge in [-0.2, -0.15) is 5.10 Å². The summed E-state index contributed by atoms with van der Waals surface area (Å²) in [6.07, 6.45) is 0. The average Bonchev–Trinajstić information content (AvgIpc) is 2.98. The summed E-state index contributed by atoms with van der Waals surface area (Å²) in [6, 6.07) is 13.3. The molecule has 3 aromatic rings. The van der Waals surface area contributed by atoms with Crippen molar-refractivity contribution in [2.24, 2.45) is 0 Å². The molecule has 104 valence electrons. The van der Waals surface area contributed by atoms with Crippen LogP contribution < -0.4 is 0 Å². The summed E-state index contributed by atoms with van der Waals surface area (Å²) in [5.41, 5.74) is 1.60. The van der Waals surface area contributed by atoms with Gasteiger partial charge in [0.25, 0.3) is 5.69 Å². The van der Waals surface area contributed by atoms with Crippen LogP contribution in [-0.2, 0) is 0 Å². The molecule has 0 atom stereocenters. The van der Waals surface area contributed by atoms with Crippen molar-refractivity contribution in [1.82, 2.24) is 15.2 Å². The van der Waals surface area contributed by atoms with Crippen molar-refractivity contribution in [3.63, 3.8) is 0 Å². The zero-order valence-electron chi connectivity index (χ0n) is 10.7. The van der Waals surface area contributed by atoms with E-state index < -0.39 is 4.92 Å². The molecule has 0 saturated heterocycles. The SMILES string of the molecule is O=[N+]([O-])c1ccc(-c2nc(-c3ccc(Cl)cc3)n[nH]2)cc1. The lowest BCUT2D eigenvalue weighted by Crippen LogP contribution is -1.87. The van der Waals surface area contributed by atoms with E-state index in [0.29, 0.717) is 16.7 Å². The first-order valence-corrected chi connectivity index (χ1v) is 6.44. The molecule has 0 aliphatic rings. The highest BCUT2D eigenvalue weighted by Gasteiger charge is 2.10. The largest absolute Gasteiger partial charge is 0.269 e. The summed E-state index contributed by atoms with van der Waals surface area (Å²) in [4.78, 5) is 14.6. The lowest BCUT2D eigenvalue weighted by atomic mass is 10.2. The molecule has 3 rings (SSSR count). The summed E-state index contributed by atoms with van der Waals surface area (Å²) in [6.45, 7) is 0. The number of benzene rings is 2. The van der Waals surface area contributed by atoms with Gasteiger partial charge in [-0.3, -0.25) is 15.2 Å². The minimum atomic E-state index is -0.441.